The predicted molar refractivity (Wildman–Crippen MR) is 94.1 cm³/mol. The number of benzene rings is 1. The van der Waals surface area contributed by atoms with E-state index in [1.165, 1.54) is 24.8 Å². The molecule has 2 fully saturated rings. The van der Waals surface area contributed by atoms with E-state index < -0.39 is 0 Å². The fourth-order valence-corrected chi connectivity index (χ4v) is 3.41. The zero-order valence-corrected chi connectivity index (χ0v) is 14.4. The Bertz CT molecular complexity index is 659. The highest BCUT2D eigenvalue weighted by Crippen LogP contribution is 2.33. The van der Waals surface area contributed by atoms with E-state index in [1.54, 1.807) is 0 Å². The summed E-state index contributed by atoms with van der Waals surface area (Å²) in [4.78, 5) is 2.26. The summed E-state index contributed by atoms with van der Waals surface area (Å²) in [5.74, 6) is 2.87. The molecule has 0 amide bonds. The first kappa shape index (κ1) is 15.6. The molecule has 1 aliphatic heterocycles. The number of ether oxygens (including phenoxy) is 1. The van der Waals surface area contributed by atoms with Crippen LogP contribution in [0.4, 0.5) is 5.95 Å². The van der Waals surface area contributed by atoms with Crippen molar-refractivity contribution < 1.29 is 4.74 Å². The maximum Gasteiger partial charge on any atom is 0.227 e. The molecule has 5 nitrogen and oxygen atoms in total. The van der Waals surface area contributed by atoms with Crippen LogP contribution in [-0.2, 0) is 11.3 Å². The maximum absolute atomic E-state index is 5.88. The van der Waals surface area contributed by atoms with Crippen molar-refractivity contribution in [2.75, 3.05) is 25.1 Å². The number of hydrogen-bond acceptors (Lipinski definition) is 4. The molecule has 0 bridgehead atoms. The van der Waals surface area contributed by atoms with Gasteiger partial charge in [0.25, 0.3) is 0 Å². The average Bonchev–Trinajstić information content (AvgIpc) is 3.10. The van der Waals surface area contributed by atoms with E-state index in [0.29, 0.717) is 0 Å². The van der Waals surface area contributed by atoms with E-state index in [-0.39, 0.29) is 6.10 Å². The van der Waals surface area contributed by atoms with Crippen LogP contribution >= 0.6 is 0 Å². The van der Waals surface area contributed by atoms with E-state index >= 15 is 0 Å². The lowest BCUT2D eigenvalue weighted by molar-refractivity contribution is 0.102. The van der Waals surface area contributed by atoms with Crippen LogP contribution in [0.3, 0.4) is 0 Å². The van der Waals surface area contributed by atoms with Crippen molar-refractivity contribution in [3.8, 4) is 0 Å². The molecule has 4 rings (SSSR count). The summed E-state index contributed by atoms with van der Waals surface area (Å²) in [6, 6.07) is 10.5. The highest BCUT2D eigenvalue weighted by Gasteiger charge is 2.27. The second-order valence-corrected chi connectivity index (χ2v) is 7.09. The number of nitrogens with zero attached hydrogens (tertiary/aromatic N) is 4. The van der Waals surface area contributed by atoms with Crippen molar-refractivity contribution >= 4 is 5.95 Å². The van der Waals surface area contributed by atoms with Crippen LogP contribution in [0.15, 0.2) is 30.3 Å². The van der Waals surface area contributed by atoms with Crippen molar-refractivity contribution in [2.45, 2.75) is 44.8 Å². The first-order chi connectivity index (χ1) is 11.8. The molecule has 1 saturated carbocycles. The Balaban J connectivity index is 1.59. The molecule has 2 aromatic rings. The molecule has 24 heavy (non-hydrogen) atoms. The average molecular weight is 326 g/mol. The molecular formula is C19H26N4O. The lowest BCUT2D eigenvalue weighted by Crippen LogP contribution is -2.24. The molecule has 128 valence electrons. The third-order valence-corrected chi connectivity index (χ3v) is 5.07. The summed E-state index contributed by atoms with van der Waals surface area (Å²) in [7, 11) is 2.13. The van der Waals surface area contributed by atoms with Crippen LogP contribution in [0.2, 0.25) is 0 Å². The predicted octanol–water partition coefficient (Wildman–Crippen LogP) is 3.41. The standard InChI is InChI=1S/C19H26N4O/c1-22(12-11-15-9-10-15)19-21-20-18(17-8-5-13-24-17)23(19)14-16-6-3-2-4-7-16/h2-4,6-7,15,17H,5,8-14H2,1H3/t17-/m0/s1. The largest absolute Gasteiger partial charge is 0.370 e. The fraction of sp³-hybridized carbons (Fsp3) is 0.579. The molecule has 0 spiro atoms. The van der Waals surface area contributed by atoms with Gasteiger partial charge in [-0.15, -0.1) is 10.2 Å². The maximum atomic E-state index is 5.88. The number of anilines is 1. The Hall–Kier alpha value is -1.88. The van der Waals surface area contributed by atoms with Gasteiger partial charge >= 0.3 is 0 Å². The lowest BCUT2D eigenvalue weighted by Gasteiger charge is -2.21. The Labute approximate surface area is 143 Å². The van der Waals surface area contributed by atoms with Crippen molar-refractivity contribution in [3.05, 3.63) is 41.7 Å². The molecule has 1 atom stereocenters. The third-order valence-electron chi connectivity index (χ3n) is 5.07. The van der Waals surface area contributed by atoms with Gasteiger partial charge < -0.3 is 9.64 Å². The van der Waals surface area contributed by atoms with Crippen LogP contribution in [0.1, 0.15) is 49.6 Å². The van der Waals surface area contributed by atoms with Gasteiger partial charge in [-0.2, -0.15) is 0 Å². The number of hydrogen-bond donors (Lipinski definition) is 0. The Morgan fingerprint density at radius 1 is 1.17 bits per heavy atom. The van der Waals surface area contributed by atoms with Gasteiger partial charge in [0.15, 0.2) is 5.82 Å². The SMILES string of the molecule is CN(CCC1CC1)c1nnc([C@@H]2CCCO2)n1Cc1ccccc1. The third kappa shape index (κ3) is 3.46. The number of rotatable bonds is 7. The van der Waals surface area contributed by atoms with Crippen LogP contribution in [0, 0.1) is 5.92 Å². The zero-order chi connectivity index (χ0) is 16.4. The minimum atomic E-state index is 0.0896. The van der Waals surface area contributed by atoms with Gasteiger partial charge in [-0.05, 0) is 30.7 Å². The van der Waals surface area contributed by atoms with Gasteiger partial charge in [0.1, 0.15) is 6.10 Å². The zero-order valence-electron chi connectivity index (χ0n) is 14.4. The summed E-state index contributed by atoms with van der Waals surface area (Å²) in [5, 5.41) is 9.02. The van der Waals surface area contributed by atoms with Crippen molar-refractivity contribution in [1.29, 1.82) is 0 Å². The summed E-state index contributed by atoms with van der Waals surface area (Å²) in [6.45, 7) is 2.67. The minimum Gasteiger partial charge on any atom is -0.370 e. The molecule has 1 aromatic heterocycles. The molecule has 0 unspecified atom stereocenters. The van der Waals surface area contributed by atoms with Crippen molar-refractivity contribution in [2.24, 2.45) is 5.92 Å². The van der Waals surface area contributed by atoms with E-state index in [4.69, 9.17) is 4.74 Å². The number of aromatic nitrogens is 3. The molecule has 1 saturated heterocycles. The highest BCUT2D eigenvalue weighted by molar-refractivity contribution is 5.32. The van der Waals surface area contributed by atoms with Crippen LogP contribution in [0.25, 0.3) is 0 Å². The summed E-state index contributed by atoms with van der Waals surface area (Å²) < 4.78 is 8.13. The van der Waals surface area contributed by atoms with Crippen LogP contribution in [-0.4, -0.2) is 35.0 Å². The van der Waals surface area contributed by atoms with E-state index in [2.05, 4.69) is 57.0 Å². The van der Waals surface area contributed by atoms with Gasteiger partial charge in [-0.3, -0.25) is 4.57 Å². The Morgan fingerprint density at radius 3 is 2.71 bits per heavy atom. The monoisotopic (exact) mass is 326 g/mol. The van der Waals surface area contributed by atoms with Gasteiger partial charge in [-0.1, -0.05) is 43.2 Å². The van der Waals surface area contributed by atoms with E-state index in [0.717, 1.165) is 50.2 Å². The Morgan fingerprint density at radius 2 is 2.00 bits per heavy atom. The molecule has 2 heterocycles. The van der Waals surface area contributed by atoms with E-state index in [1.807, 2.05) is 0 Å². The second-order valence-electron chi connectivity index (χ2n) is 7.09. The lowest BCUT2D eigenvalue weighted by atomic mass is 10.2. The summed E-state index contributed by atoms with van der Waals surface area (Å²) in [6.07, 6.45) is 6.28. The molecule has 5 heteroatoms. The molecule has 1 aliphatic carbocycles. The van der Waals surface area contributed by atoms with Crippen LogP contribution < -0.4 is 4.90 Å². The van der Waals surface area contributed by atoms with Gasteiger partial charge in [0, 0.05) is 20.2 Å². The van der Waals surface area contributed by atoms with Gasteiger partial charge in [0.2, 0.25) is 5.95 Å². The molecular weight excluding hydrogens is 300 g/mol. The normalized spacial score (nSPS) is 20.5. The minimum absolute atomic E-state index is 0.0896. The van der Waals surface area contributed by atoms with E-state index in [9.17, 15) is 0 Å². The first-order valence-electron chi connectivity index (χ1n) is 9.11. The first-order valence-corrected chi connectivity index (χ1v) is 9.11. The second kappa shape index (κ2) is 6.93. The molecule has 0 radical (unpaired) electrons. The molecule has 2 aliphatic rings. The molecule has 1 aromatic carbocycles. The van der Waals surface area contributed by atoms with Gasteiger partial charge in [-0.25, -0.2) is 0 Å². The molecule has 0 N–H and O–H groups in total. The van der Waals surface area contributed by atoms with Crippen molar-refractivity contribution in [3.63, 3.8) is 0 Å². The quantitative estimate of drug-likeness (QED) is 0.782. The Kier molecular flexibility index (Phi) is 4.52. The fourth-order valence-electron chi connectivity index (χ4n) is 3.41. The topological polar surface area (TPSA) is 43.2 Å². The summed E-state index contributed by atoms with van der Waals surface area (Å²) >= 11 is 0. The summed E-state index contributed by atoms with van der Waals surface area (Å²) in [5.41, 5.74) is 1.27. The van der Waals surface area contributed by atoms with Crippen molar-refractivity contribution in [1.82, 2.24) is 14.8 Å². The highest BCUT2D eigenvalue weighted by atomic mass is 16.5. The smallest absolute Gasteiger partial charge is 0.227 e. The van der Waals surface area contributed by atoms with Gasteiger partial charge in [0.05, 0.1) is 6.54 Å². The van der Waals surface area contributed by atoms with Crippen LogP contribution in [0.5, 0.6) is 0 Å².